The van der Waals surface area contributed by atoms with Crippen molar-refractivity contribution in [1.29, 1.82) is 0 Å². The van der Waals surface area contributed by atoms with Crippen LogP contribution in [0.15, 0.2) is 36.5 Å². The highest BCUT2D eigenvalue weighted by Gasteiger charge is 2.20. The Morgan fingerprint density at radius 1 is 1.32 bits per heavy atom. The van der Waals surface area contributed by atoms with Crippen LogP contribution < -0.4 is 10.1 Å². The number of aromatic nitrogens is 1. The average molecular weight is 365 g/mol. The smallest absolute Gasteiger partial charge is 0.308 e. The van der Waals surface area contributed by atoms with Crippen molar-refractivity contribution < 1.29 is 19.4 Å². The molecule has 0 spiro atoms. The molecule has 1 unspecified atom stereocenters. The van der Waals surface area contributed by atoms with E-state index in [0.29, 0.717) is 23.7 Å². The maximum Gasteiger partial charge on any atom is 0.308 e. The number of nitrogens with zero attached hydrogens (tertiary/aromatic N) is 1. The fraction of sp³-hybridized carbons (Fsp3) is 0.333. The molecule has 2 N–H and O–H groups in total. The van der Waals surface area contributed by atoms with Crippen molar-refractivity contribution in [3.63, 3.8) is 0 Å². The second kappa shape index (κ2) is 8.58. The lowest BCUT2D eigenvalue weighted by Crippen LogP contribution is -2.34. The van der Waals surface area contributed by atoms with Crippen molar-refractivity contribution in [3.05, 3.63) is 52.8 Å². The van der Waals surface area contributed by atoms with Gasteiger partial charge in [0, 0.05) is 19.8 Å². The molecule has 2 aromatic rings. The Morgan fingerprint density at radius 2 is 2.00 bits per heavy atom. The first-order valence-electron chi connectivity index (χ1n) is 7.95. The Bertz CT molecular complexity index is 740. The maximum absolute atomic E-state index is 12.2. The molecule has 1 atom stereocenters. The van der Waals surface area contributed by atoms with E-state index in [1.165, 1.54) is 0 Å². The summed E-state index contributed by atoms with van der Waals surface area (Å²) in [6, 6.07) is 8.82. The summed E-state index contributed by atoms with van der Waals surface area (Å²) in [5.41, 5.74) is 1.25. The van der Waals surface area contributed by atoms with Crippen molar-refractivity contribution in [3.8, 4) is 5.75 Å². The zero-order valence-corrected chi connectivity index (χ0v) is 14.9. The molecule has 0 aliphatic heterocycles. The maximum atomic E-state index is 12.2. The quantitative estimate of drug-likeness (QED) is 0.754. The average Bonchev–Trinajstić information content (AvgIpc) is 2.91. The highest BCUT2D eigenvalue weighted by molar-refractivity contribution is 6.31. The number of hydrogen-bond donors (Lipinski definition) is 2. The normalized spacial score (nSPS) is 11.8. The van der Waals surface area contributed by atoms with Gasteiger partial charge < -0.3 is 19.7 Å². The molecule has 25 heavy (non-hydrogen) atoms. The SMILES string of the molecule is CCOc1ccc(CC(CNC(=O)c2cc(Cl)cn2C)C(=O)O)cc1. The van der Waals surface area contributed by atoms with Gasteiger partial charge in [-0.15, -0.1) is 0 Å². The summed E-state index contributed by atoms with van der Waals surface area (Å²) in [4.78, 5) is 23.7. The van der Waals surface area contributed by atoms with E-state index in [1.54, 1.807) is 23.9 Å². The summed E-state index contributed by atoms with van der Waals surface area (Å²) < 4.78 is 6.97. The van der Waals surface area contributed by atoms with Crippen LogP contribution in [-0.2, 0) is 18.3 Å². The van der Waals surface area contributed by atoms with E-state index >= 15 is 0 Å². The number of hydrogen-bond acceptors (Lipinski definition) is 3. The Morgan fingerprint density at radius 3 is 2.52 bits per heavy atom. The van der Waals surface area contributed by atoms with Crippen LogP contribution in [-0.4, -0.2) is 34.7 Å². The molecule has 1 aromatic carbocycles. The Balaban J connectivity index is 1.97. The molecule has 0 bridgehead atoms. The number of aryl methyl sites for hydroxylation is 1. The first kappa shape index (κ1) is 18.9. The van der Waals surface area contributed by atoms with Crippen LogP contribution >= 0.6 is 11.6 Å². The topological polar surface area (TPSA) is 80.6 Å². The van der Waals surface area contributed by atoms with Gasteiger partial charge in [0.1, 0.15) is 11.4 Å². The molecule has 7 heteroatoms. The van der Waals surface area contributed by atoms with Crippen molar-refractivity contribution >= 4 is 23.5 Å². The van der Waals surface area contributed by atoms with E-state index in [4.69, 9.17) is 16.3 Å². The molecule has 0 radical (unpaired) electrons. The Labute approximate surface area is 151 Å². The summed E-state index contributed by atoms with van der Waals surface area (Å²) in [6.45, 7) is 2.51. The first-order valence-corrected chi connectivity index (χ1v) is 8.33. The number of benzene rings is 1. The lowest BCUT2D eigenvalue weighted by molar-refractivity contribution is -0.141. The number of halogens is 1. The molecule has 0 saturated heterocycles. The summed E-state index contributed by atoms with van der Waals surface area (Å²) >= 11 is 5.86. The number of carboxylic acids is 1. The van der Waals surface area contributed by atoms with E-state index in [-0.39, 0.29) is 12.5 Å². The van der Waals surface area contributed by atoms with Crippen LogP contribution in [0.4, 0.5) is 0 Å². The minimum absolute atomic E-state index is 0.0319. The lowest BCUT2D eigenvalue weighted by atomic mass is 9.99. The van der Waals surface area contributed by atoms with Gasteiger partial charge in [0.25, 0.3) is 5.91 Å². The van der Waals surface area contributed by atoms with Crippen LogP contribution in [0.3, 0.4) is 0 Å². The van der Waals surface area contributed by atoms with Crippen LogP contribution in [0.25, 0.3) is 0 Å². The fourth-order valence-corrected chi connectivity index (χ4v) is 2.73. The van der Waals surface area contributed by atoms with Crippen molar-refractivity contribution in [2.45, 2.75) is 13.3 Å². The number of carbonyl (C=O) groups excluding carboxylic acids is 1. The Kier molecular flexibility index (Phi) is 6.47. The van der Waals surface area contributed by atoms with Gasteiger partial charge >= 0.3 is 5.97 Å². The molecule has 1 aromatic heterocycles. The van der Waals surface area contributed by atoms with Gasteiger partial charge in [-0.05, 0) is 37.1 Å². The predicted molar refractivity (Wildman–Crippen MR) is 95.2 cm³/mol. The van der Waals surface area contributed by atoms with E-state index < -0.39 is 11.9 Å². The molecule has 134 valence electrons. The molecule has 1 heterocycles. The minimum atomic E-state index is -0.959. The third-order valence-electron chi connectivity index (χ3n) is 3.78. The standard InChI is InChI=1S/C18H21ClN2O4/c1-3-25-15-6-4-12(5-7-15)8-13(18(23)24)10-20-17(22)16-9-14(19)11-21(16)2/h4-7,9,11,13H,3,8,10H2,1-2H3,(H,20,22)(H,23,24). The van der Waals surface area contributed by atoms with Gasteiger partial charge in [-0.2, -0.15) is 0 Å². The van der Waals surface area contributed by atoms with Crippen LogP contribution in [0, 0.1) is 5.92 Å². The molecule has 2 rings (SSSR count). The van der Waals surface area contributed by atoms with Gasteiger partial charge in [0.15, 0.2) is 0 Å². The molecule has 6 nitrogen and oxygen atoms in total. The summed E-state index contributed by atoms with van der Waals surface area (Å²) in [5.74, 6) is -1.30. The molecule has 1 amide bonds. The van der Waals surface area contributed by atoms with Crippen molar-refractivity contribution in [2.24, 2.45) is 13.0 Å². The molecular weight excluding hydrogens is 344 g/mol. The molecule has 0 aliphatic carbocycles. The van der Waals surface area contributed by atoms with Gasteiger partial charge in [-0.25, -0.2) is 0 Å². The van der Waals surface area contributed by atoms with Crippen LogP contribution in [0.2, 0.25) is 5.02 Å². The lowest BCUT2D eigenvalue weighted by Gasteiger charge is -2.14. The first-order chi connectivity index (χ1) is 11.9. The van der Waals surface area contributed by atoms with E-state index in [0.717, 1.165) is 11.3 Å². The number of carbonyl (C=O) groups is 2. The van der Waals surface area contributed by atoms with Crippen molar-refractivity contribution in [2.75, 3.05) is 13.2 Å². The summed E-state index contributed by atoms with van der Waals surface area (Å²) in [5, 5.41) is 12.5. The predicted octanol–water partition coefficient (Wildman–Crippen LogP) is 2.75. The highest BCUT2D eigenvalue weighted by atomic mass is 35.5. The van der Waals surface area contributed by atoms with Gasteiger partial charge in [-0.1, -0.05) is 23.7 Å². The zero-order valence-electron chi connectivity index (χ0n) is 14.2. The highest BCUT2D eigenvalue weighted by Crippen LogP contribution is 2.16. The fourth-order valence-electron chi connectivity index (χ4n) is 2.48. The molecule has 0 aliphatic rings. The monoisotopic (exact) mass is 364 g/mol. The second-order valence-electron chi connectivity index (χ2n) is 5.68. The van der Waals surface area contributed by atoms with Crippen LogP contribution in [0.5, 0.6) is 5.75 Å². The summed E-state index contributed by atoms with van der Waals surface area (Å²) in [6.07, 6.45) is 1.93. The second-order valence-corrected chi connectivity index (χ2v) is 6.12. The number of ether oxygens (including phenoxy) is 1. The number of aliphatic carboxylic acids is 1. The van der Waals surface area contributed by atoms with Crippen molar-refractivity contribution in [1.82, 2.24) is 9.88 Å². The van der Waals surface area contributed by atoms with Crippen LogP contribution in [0.1, 0.15) is 23.0 Å². The third-order valence-corrected chi connectivity index (χ3v) is 3.99. The molecule has 0 fully saturated rings. The number of nitrogens with one attached hydrogen (secondary N) is 1. The third kappa shape index (κ3) is 5.26. The van der Waals surface area contributed by atoms with E-state index in [2.05, 4.69) is 5.32 Å². The van der Waals surface area contributed by atoms with E-state index in [1.807, 2.05) is 31.2 Å². The largest absolute Gasteiger partial charge is 0.494 e. The summed E-state index contributed by atoms with van der Waals surface area (Å²) in [7, 11) is 1.70. The zero-order chi connectivity index (χ0) is 18.4. The minimum Gasteiger partial charge on any atom is -0.494 e. The number of carboxylic acid groups (broad SMARTS) is 1. The van der Waals surface area contributed by atoms with Gasteiger partial charge in [-0.3, -0.25) is 9.59 Å². The molecule has 0 saturated carbocycles. The number of amides is 1. The van der Waals surface area contributed by atoms with Gasteiger partial charge in [0.2, 0.25) is 0 Å². The molecular formula is C18H21ClN2O4. The number of rotatable bonds is 8. The Hall–Kier alpha value is -2.47. The van der Waals surface area contributed by atoms with E-state index in [9.17, 15) is 14.7 Å². The van der Waals surface area contributed by atoms with Gasteiger partial charge in [0.05, 0.1) is 17.5 Å².